The molecule has 0 aliphatic carbocycles. The lowest BCUT2D eigenvalue weighted by Gasteiger charge is -2.07. The molecule has 0 saturated heterocycles. The Morgan fingerprint density at radius 1 is 1.26 bits per heavy atom. The maximum Gasteiger partial charge on any atom is 0.272 e. The third kappa shape index (κ3) is 2.79. The van der Waals surface area contributed by atoms with E-state index in [0.717, 1.165) is 29.1 Å². The maximum absolute atomic E-state index is 12.5. The Morgan fingerprint density at radius 3 is 2.65 bits per heavy atom. The maximum atomic E-state index is 12.5. The first kappa shape index (κ1) is 15.5. The van der Waals surface area contributed by atoms with Gasteiger partial charge < -0.3 is 5.32 Å². The summed E-state index contributed by atoms with van der Waals surface area (Å²) in [6.45, 7) is 7.33. The van der Waals surface area contributed by atoms with Crippen LogP contribution in [0.2, 0.25) is 0 Å². The second-order valence-electron chi connectivity index (χ2n) is 5.81. The molecule has 1 unspecified atom stereocenters. The smallest absolute Gasteiger partial charge is 0.272 e. The van der Waals surface area contributed by atoms with Crippen molar-refractivity contribution in [1.29, 1.82) is 0 Å². The standard InChI is InChI=1S/C18H22N4O/c1-4-12(3)15-16-17(22(5-2)21-15)18(23)19-11-14(20-16)13-9-7-6-8-10-13/h6-10,12H,4-5,11H2,1-3H3,(H,19,23). The van der Waals surface area contributed by atoms with Gasteiger partial charge in [0.05, 0.1) is 18.0 Å². The minimum Gasteiger partial charge on any atom is -0.345 e. The molecule has 23 heavy (non-hydrogen) atoms. The van der Waals surface area contributed by atoms with Crippen LogP contribution in [-0.2, 0) is 6.54 Å². The van der Waals surface area contributed by atoms with Crippen molar-refractivity contribution in [3.05, 3.63) is 47.3 Å². The van der Waals surface area contributed by atoms with Crippen LogP contribution in [0.25, 0.3) is 0 Å². The Morgan fingerprint density at radius 2 is 2.00 bits per heavy atom. The van der Waals surface area contributed by atoms with Gasteiger partial charge in [-0.3, -0.25) is 9.48 Å². The molecule has 5 nitrogen and oxygen atoms in total. The average Bonchev–Trinajstić information content (AvgIpc) is 2.87. The van der Waals surface area contributed by atoms with Crippen LogP contribution in [0.3, 0.4) is 0 Å². The molecule has 1 amide bonds. The van der Waals surface area contributed by atoms with Crippen LogP contribution >= 0.6 is 0 Å². The number of fused-ring (bicyclic) bond motifs is 1. The summed E-state index contributed by atoms with van der Waals surface area (Å²) in [5, 5.41) is 7.61. The Hall–Kier alpha value is -2.43. The van der Waals surface area contributed by atoms with Crippen LogP contribution in [0, 0.1) is 0 Å². The number of aryl methyl sites for hydroxylation is 1. The van der Waals surface area contributed by atoms with Crippen LogP contribution < -0.4 is 5.32 Å². The summed E-state index contributed by atoms with van der Waals surface area (Å²) in [6, 6.07) is 9.98. The number of benzene rings is 1. The molecule has 1 aliphatic heterocycles. The Labute approximate surface area is 136 Å². The number of amides is 1. The topological polar surface area (TPSA) is 59.3 Å². The fraction of sp³-hybridized carbons (Fsp3) is 0.389. The van der Waals surface area contributed by atoms with Gasteiger partial charge in [0, 0.05) is 12.5 Å². The zero-order chi connectivity index (χ0) is 16.4. The third-order valence-electron chi connectivity index (χ3n) is 4.32. The molecular formula is C18H22N4O. The summed E-state index contributed by atoms with van der Waals surface area (Å²) in [7, 11) is 0. The molecule has 0 fully saturated rings. The Kier molecular flexibility index (Phi) is 4.28. The van der Waals surface area contributed by atoms with Gasteiger partial charge in [0.25, 0.3) is 5.91 Å². The molecule has 1 atom stereocenters. The van der Waals surface area contributed by atoms with Crippen molar-refractivity contribution in [3.63, 3.8) is 0 Å². The molecule has 0 radical (unpaired) electrons. The highest BCUT2D eigenvalue weighted by Gasteiger charge is 2.28. The number of hydrogen-bond acceptors (Lipinski definition) is 3. The van der Waals surface area contributed by atoms with E-state index >= 15 is 0 Å². The van der Waals surface area contributed by atoms with Crippen molar-refractivity contribution < 1.29 is 4.79 Å². The minimum atomic E-state index is -0.0985. The van der Waals surface area contributed by atoms with E-state index in [1.165, 1.54) is 0 Å². The largest absolute Gasteiger partial charge is 0.345 e. The van der Waals surface area contributed by atoms with E-state index in [-0.39, 0.29) is 11.8 Å². The number of carbonyl (C=O) groups is 1. The van der Waals surface area contributed by atoms with E-state index in [9.17, 15) is 4.79 Å². The molecule has 1 aliphatic rings. The summed E-state index contributed by atoms with van der Waals surface area (Å²) in [6.07, 6.45) is 0.963. The van der Waals surface area contributed by atoms with Gasteiger partial charge in [-0.2, -0.15) is 5.10 Å². The van der Waals surface area contributed by atoms with Crippen molar-refractivity contribution in [3.8, 4) is 0 Å². The normalized spacial score (nSPS) is 15.4. The number of rotatable bonds is 4. The van der Waals surface area contributed by atoms with E-state index in [1.54, 1.807) is 4.68 Å². The predicted octanol–water partition coefficient (Wildman–Crippen LogP) is 3.28. The van der Waals surface area contributed by atoms with Gasteiger partial charge in [0.15, 0.2) is 5.69 Å². The molecule has 3 rings (SSSR count). The lowest BCUT2D eigenvalue weighted by atomic mass is 10.0. The van der Waals surface area contributed by atoms with Gasteiger partial charge in [-0.15, -0.1) is 0 Å². The van der Waals surface area contributed by atoms with E-state index in [1.807, 2.05) is 37.3 Å². The van der Waals surface area contributed by atoms with Crippen LogP contribution in [0.4, 0.5) is 5.69 Å². The van der Waals surface area contributed by atoms with E-state index in [0.29, 0.717) is 18.8 Å². The van der Waals surface area contributed by atoms with Gasteiger partial charge in [-0.05, 0) is 18.9 Å². The number of nitrogens with zero attached hydrogens (tertiary/aromatic N) is 3. The van der Waals surface area contributed by atoms with Crippen molar-refractivity contribution >= 4 is 17.3 Å². The first-order chi connectivity index (χ1) is 11.2. The lowest BCUT2D eigenvalue weighted by molar-refractivity contribution is 0.0950. The first-order valence-corrected chi connectivity index (χ1v) is 8.17. The molecule has 0 bridgehead atoms. The molecule has 2 aromatic rings. The summed E-state index contributed by atoms with van der Waals surface area (Å²) < 4.78 is 1.77. The zero-order valence-corrected chi connectivity index (χ0v) is 13.8. The fourth-order valence-electron chi connectivity index (χ4n) is 2.78. The number of aliphatic imine (C=N–C) groups is 1. The van der Waals surface area contributed by atoms with Crippen molar-refractivity contribution in [2.75, 3.05) is 6.54 Å². The Balaban J connectivity index is 2.19. The predicted molar refractivity (Wildman–Crippen MR) is 91.6 cm³/mol. The number of aromatic nitrogens is 2. The second-order valence-corrected chi connectivity index (χ2v) is 5.81. The van der Waals surface area contributed by atoms with Gasteiger partial charge in [-0.25, -0.2) is 4.99 Å². The molecule has 2 heterocycles. The monoisotopic (exact) mass is 310 g/mol. The van der Waals surface area contributed by atoms with Crippen LogP contribution in [0.15, 0.2) is 35.3 Å². The van der Waals surface area contributed by atoms with Crippen molar-refractivity contribution in [1.82, 2.24) is 15.1 Å². The minimum absolute atomic E-state index is 0.0985. The molecular weight excluding hydrogens is 288 g/mol. The van der Waals surface area contributed by atoms with Gasteiger partial charge in [0.1, 0.15) is 5.69 Å². The number of hydrogen-bond donors (Lipinski definition) is 1. The SMILES string of the molecule is CCC(C)c1nn(CC)c2c1N=C(c1ccccc1)CNC2=O. The fourth-order valence-corrected chi connectivity index (χ4v) is 2.78. The van der Waals surface area contributed by atoms with Crippen LogP contribution in [-0.4, -0.2) is 27.9 Å². The second kappa shape index (κ2) is 6.36. The number of carbonyl (C=O) groups excluding carboxylic acids is 1. The molecule has 1 N–H and O–H groups in total. The van der Waals surface area contributed by atoms with E-state index in [4.69, 9.17) is 4.99 Å². The van der Waals surface area contributed by atoms with E-state index in [2.05, 4.69) is 24.3 Å². The Bertz CT molecular complexity index is 746. The number of nitrogens with one attached hydrogen (secondary N) is 1. The molecule has 0 spiro atoms. The van der Waals surface area contributed by atoms with Gasteiger partial charge in [0.2, 0.25) is 0 Å². The summed E-state index contributed by atoms with van der Waals surface area (Å²) in [5.74, 6) is 0.168. The van der Waals surface area contributed by atoms with E-state index < -0.39 is 0 Å². The highest BCUT2D eigenvalue weighted by atomic mass is 16.2. The van der Waals surface area contributed by atoms with Crippen molar-refractivity contribution in [2.45, 2.75) is 39.7 Å². The molecule has 120 valence electrons. The quantitative estimate of drug-likeness (QED) is 0.942. The molecule has 5 heteroatoms. The third-order valence-corrected chi connectivity index (χ3v) is 4.32. The van der Waals surface area contributed by atoms with Gasteiger partial charge >= 0.3 is 0 Å². The summed E-state index contributed by atoms with van der Waals surface area (Å²) >= 11 is 0. The lowest BCUT2D eigenvalue weighted by Crippen LogP contribution is -2.29. The molecule has 1 aromatic heterocycles. The average molecular weight is 310 g/mol. The van der Waals surface area contributed by atoms with Gasteiger partial charge in [-0.1, -0.05) is 44.2 Å². The highest BCUT2D eigenvalue weighted by molar-refractivity contribution is 6.10. The summed E-state index contributed by atoms with van der Waals surface area (Å²) in [4.78, 5) is 17.4. The molecule has 0 saturated carbocycles. The first-order valence-electron chi connectivity index (χ1n) is 8.17. The highest BCUT2D eigenvalue weighted by Crippen LogP contribution is 2.33. The van der Waals surface area contributed by atoms with Crippen LogP contribution in [0.5, 0.6) is 0 Å². The molecule has 1 aromatic carbocycles. The van der Waals surface area contributed by atoms with Crippen LogP contribution in [0.1, 0.15) is 54.9 Å². The zero-order valence-electron chi connectivity index (χ0n) is 13.8. The van der Waals surface area contributed by atoms with Crippen molar-refractivity contribution in [2.24, 2.45) is 4.99 Å². The summed E-state index contributed by atoms with van der Waals surface area (Å²) in [5.41, 5.74) is 4.12.